The fraction of sp³-hybridized carbons (Fsp3) is 0.938. The van der Waals surface area contributed by atoms with Crippen molar-refractivity contribution < 1.29 is 4.74 Å². The second-order valence-electron chi connectivity index (χ2n) is 6.09. The van der Waals surface area contributed by atoms with Gasteiger partial charge in [-0.3, -0.25) is 10.2 Å². The zero-order chi connectivity index (χ0) is 14.8. The molecule has 4 nitrogen and oxygen atoms in total. The molecule has 0 bridgehead atoms. The average Bonchev–Trinajstić information content (AvgIpc) is 3.29. The summed E-state index contributed by atoms with van der Waals surface area (Å²) in [4.78, 5) is 2.55. The molecule has 0 amide bonds. The molecule has 116 valence electrons. The summed E-state index contributed by atoms with van der Waals surface area (Å²) in [5.41, 5.74) is -0.354. The van der Waals surface area contributed by atoms with E-state index < -0.39 is 0 Å². The molecule has 0 heterocycles. The van der Waals surface area contributed by atoms with E-state index in [1.54, 1.807) is 7.11 Å². The highest BCUT2D eigenvalue weighted by atomic mass is 16.5. The predicted octanol–water partition coefficient (Wildman–Crippen LogP) is 2.55. The molecule has 1 aliphatic carbocycles. The van der Waals surface area contributed by atoms with Crippen molar-refractivity contribution in [3.8, 4) is 6.07 Å². The second kappa shape index (κ2) is 9.33. The number of nitriles is 1. The quantitative estimate of drug-likeness (QED) is 0.559. The van der Waals surface area contributed by atoms with E-state index in [1.165, 1.54) is 19.3 Å². The van der Waals surface area contributed by atoms with Gasteiger partial charge < -0.3 is 4.74 Å². The van der Waals surface area contributed by atoms with E-state index in [-0.39, 0.29) is 5.54 Å². The lowest BCUT2D eigenvalue weighted by Gasteiger charge is -2.25. The first kappa shape index (κ1) is 17.4. The zero-order valence-electron chi connectivity index (χ0n) is 13.5. The molecule has 20 heavy (non-hydrogen) atoms. The van der Waals surface area contributed by atoms with E-state index in [0.29, 0.717) is 0 Å². The number of hydrogen-bond acceptors (Lipinski definition) is 4. The summed E-state index contributed by atoms with van der Waals surface area (Å²) in [5.74, 6) is 0. The predicted molar refractivity (Wildman–Crippen MR) is 82.6 cm³/mol. The molecule has 1 fully saturated rings. The summed E-state index contributed by atoms with van der Waals surface area (Å²) in [5, 5.41) is 12.7. The molecule has 1 atom stereocenters. The minimum atomic E-state index is -0.354. The van der Waals surface area contributed by atoms with E-state index in [4.69, 9.17) is 4.74 Å². The third-order valence-corrected chi connectivity index (χ3v) is 4.03. The Hall–Kier alpha value is -0.630. The van der Waals surface area contributed by atoms with Gasteiger partial charge in [-0.15, -0.1) is 0 Å². The molecule has 1 rings (SSSR count). The van der Waals surface area contributed by atoms with Gasteiger partial charge in [0.2, 0.25) is 0 Å². The molecule has 1 unspecified atom stereocenters. The lowest BCUT2D eigenvalue weighted by atomic mass is 9.96. The van der Waals surface area contributed by atoms with Crippen LogP contribution < -0.4 is 5.32 Å². The number of ether oxygens (including phenoxy) is 1. The third-order valence-electron chi connectivity index (χ3n) is 4.03. The highest BCUT2D eigenvalue weighted by molar-refractivity contribution is 5.03. The molecular formula is C16H31N3O. The largest absolute Gasteiger partial charge is 0.383 e. The van der Waals surface area contributed by atoms with Crippen LogP contribution in [-0.2, 0) is 4.74 Å². The van der Waals surface area contributed by atoms with Crippen LogP contribution in [0.5, 0.6) is 0 Å². The Morgan fingerprint density at radius 3 is 2.65 bits per heavy atom. The Bertz CT molecular complexity index is 299. The van der Waals surface area contributed by atoms with Gasteiger partial charge in [0.25, 0.3) is 0 Å². The Labute approximate surface area is 124 Å². The van der Waals surface area contributed by atoms with Crippen molar-refractivity contribution in [3.05, 3.63) is 0 Å². The maximum atomic E-state index is 9.30. The molecule has 1 aliphatic rings. The third kappa shape index (κ3) is 6.69. The van der Waals surface area contributed by atoms with Crippen molar-refractivity contribution in [2.24, 2.45) is 0 Å². The van der Waals surface area contributed by atoms with Gasteiger partial charge in [-0.25, -0.2) is 0 Å². The molecule has 0 aromatic heterocycles. The molecule has 0 spiro atoms. The average molecular weight is 281 g/mol. The van der Waals surface area contributed by atoms with Crippen LogP contribution in [0.2, 0.25) is 0 Å². The van der Waals surface area contributed by atoms with E-state index in [2.05, 4.69) is 23.2 Å². The van der Waals surface area contributed by atoms with E-state index in [1.807, 2.05) is 6.92 Å². The van der Waals surface area contributed by atoms with E-state index in [0.717, 1.165) is 51.5 Å². The SMILES string of the molecule is CCCNC(C)(C#N)CCCCN(CCOC)C1CC1. The van der Waals surface area contributed by atoms with Crippen LogP contribution >= 0.6 is 0 Å². The van der Waals surface area contributed by atoms with Gasteiger partial charge in [-0.2, -0.15) is 5.26 Å². The fourth-order valence-electron chi connectivity index (χ4n) is 2.50. The van der Waals surface area contributed by atoms with Gasteiger partial charge in [0, 0.05) is 19.7 Å². The summed E-state index contributed by atoms with van der Waals surface area (Å²) in [6, 6.07) is 3.22. The van der Waals surface area contributed by atoms with Crippen LogP contribution in [0.4, 0.5) is 0 Å². The van der Waals surface area contributed by atoms with Gasteiger partial charge in [-0.1, -0.05) is 6.92 Å². The summed E-state index contributed by atoms with van der Waals surface area (Å²) in [7, 11) is 1.77. The van der Waals surface area contributed by atoms with Gasteiger partial charge in [0.15, 0.2) is 0 Å². The van der Waals surface area contributed by atoms with Crippen LogP contribution in [0.15, 0.2) is 0 Å². The maximum absolute atomic E-state index is 9.30. The van der Waals surface area contributed by atoms with Crippen LogP contribution in [0.3, 0.4) is 0 Å². The molecule has 0 aliphatic heterocycles. The molecule has 1 saturated carbocycles. The topological polar surface area (TPSA) is 48.3 Å². The number of nitrogens with zero attached hydrogens (tertiary/aromatic N) is 2. The Morgan fingerprint density at radius 2 is 2.10 bits per heavy atom. The second-order valence-corrected chi connectivity index (χ2v) is 6.09. The molecule has 0 aromatic rings. The Balaban J connectivity index is 2.19. The van der Waals surface area contributed by atoms with Gasteiger partial charge in [0.1, 0.15) is 5.54 Å². The maximum Gasteiger partial charge on any atom is 0.103 e. The monoisotopic (exact) mass is 281 g/mol. The first-order chi connectivity index (χ1) is 9.65. The standard InChI is InChI=1S/C16H31N3O/c1-4-10-18-16(2,14-17)9-5-6-11-19(12-13-20-3)15-7-8-15/h15,18H,4-13H2,1-3H3. The zero-order valence-corrected chi connectivity index (χ0v) is 13.5. The Kier molecular flexibility index (Phi) is 8.13. The molecule has 0 saturated heterocycles. The van der Waals surface area contributed by atoms with Crippen molar-refractivity contribution in [1.29, 1.82) is 5.26 Å². The van der Waals surface area contributed by atoms with Crippen LogP contribution in [0, 0.1) is 11.3 Å². The van der Waals surface area contributed by atoms with Crippen molar-refractivity contribution in [2.45, 2.75) is 64.0 Å². The van der Waals surface area contributed by atoms with E-state index in [9.17, 15) is 5.26 Å². The molecule has 0 aromatic carbocycles. The first-order valence-corrected chi connectivity index (χ1v) is 8.04. The highest BCUT2D eigenvalue weighted by Crippen LogP contribution is 2.27. The van der Waals surface area contributed by atoms with Gasteiger partial charge in [-0.05, 0) is 58.5 Å². The van der Waals surface area contributed by atoms with E-state index >= 15 is 0 Å². The summed E-state index contributed by atoms with van der Waals surface area (Å²) < 4.78 is 5.18. The fourth-order valence-corrected chi connectivity index (χ4v) is 2.50. The van der Waals surface area contributed by atoms with Crippen LogP contribution in [0.1, 0.15) is 52.4 Å². The number of unbranched alkanes of at least 4 members (excludes halogenated alkanes) is 1. The molecule has 0 radical (unpaired) electrons. The number of rotatable bonds is 12. The molecule has 4 heteroatoms. The van der Waals surface area contributed by atoms with Crippen molar-refractivity contribution >= 4 is 0 Å². The summed E-state index contributed by atoms with van der Waals surface area (Å²) in [6.45, 7) is 8.09. The highest BCUT2D eigenvalue weighted by Gasteiger charge is 2.28. The lowest BCUT2D eigenvalue weighted by molar-refractivity contribution is 0.141. The number of methoxy groups -OCH3 is 1. The minimum Gasteiger partial charge on any atom is -0.383 e. The molecular weight excluding hydrogens is 250 g/mol. The van der Waals surface area contributed by atoms with Crippen LogP contribution in [-0.4, -0.2) is 49.8 Å². The normalized spacial score (nSPS) is 17.9. The van der Waals surface area contributed by atoms with Gasteiger partial charge in [0.05, 0.1) is 12.7 Å². The number of nitrogens with one attached hydrogen (secondary N) is 1. The minimum absolute atomic E-state index is 0.354. The van der Waals surface area contributed by atoms with Gasteiger partial charge >= 0.3 is 0 Å². The van der Waals surface area contributed by atoms with Crippen molar-refractivity contribution in [2.75, 3.05) is 33.4 Å². The molecule has 1 N–H and O–H groups in total. The first-order valence-electron chi connectivity index (χ1n) is 8.04. The summed E-state index contributed by atoms with van der Waals surface area (Å²) >= 11 is 0. The van der Waals surface area contributed by atoms with Crippen molar-refractivity contribution in [1.82, 2.24) is 10.2 Å². The van der Waals surface area contributed by atoms with Crippen LogP contribution in [0.25, 0.3) is 0 Å². The Morgan fingerprint density at radius 1 is 1.35 bits per heavy atom. The smallest absolute Gasteiger partial charge is 0.103 e. The lowest BCUT2D eigenvalue weighted by Crippen LogP contribution is -2.41. The summed E-state index contributed by atoms with van der Waals surface area (Å²) in [6.07, 6.45) is 6.98. The van der Waals surface area contributed by atoms with Crippen molar-refractivity contribution in [3.63, 3.8) is 0 Å². The number of hydrogen-bond donors (Lipinski definition) is 1.